The second kappa shape index (κ2) is 14.8. The van der Waals surface area contributed by atoms with Crippen LogP contribution < -0.4 is 14.8 Å². The predicted molar refractivity (Wildman–Crippen MR) is 170 cm³/mol. The van der Waals surface area contributed by atoms with Crippen LogP contribution in [-0.4, -0.2) is 62.7 Å². The molecule has 0 spiro atoms. The van der Waals surface area contributed by atoms with Gasteiger partial charge in [-0.15, -0.1) is 0 Å². The molecule has 1 atom stereocenters. The van der Waals surface area contributed by atoms with Gasteiger partial charge >= 0.3 is 6.09 Å². The van der Waals surface area contributed by atoms with Gasteiger partial charge in [0.25, 0.3) is 5.92 Å². The van der Waals surface area contributed by atoms with Gasteiger partial charge in [0.05, 0.1) is 11.5 Å². The van der Waals surface area contributed by atoms with Gasteiger partial charge in [-0.25, -0.2) is 13.2 Å². The largest absolute Gasteiger partial charge is 0.493 e. The van der Waals surface area contributed by atoms with Crippen LogP contribution in [0.25, 0.3) is 0 Å². The highest BCUT2D eigenvalue weighted by Crippen LogP contribution is 2.36. The van der Waals surface area contributed by atoms with Crippen molar-refractivity contribution in [1.29, 1.82) is 0 Å². The Kier molecular flexibility index (Phi) is 11.5. The first-order valence-corrected chi connectivity index (χ1v) is 17.6. The molecule has 13 heteroatoms. The first kappa shape index (κ1) is 35.1. The average Bonchev–Trinajstić information content (AvgIpc) is 2.98. The van der Waals surface area contributed by atoms with Crippen LogP contribution in [0.15, 0.2) is 57.9 Å². The predicted octanol–water partition coefficient (Wildman–Crippen LogP) is 6.36. The van der Waals surface area contributed by atoms with Crippen molar-refractivity contribution in [2.45, 2.75) is 94.2 Å². The molecule has 248 valence electrons. The molecule has 0 radical (unpaired) electrons. The van der Waals surface area contributed by atoms with E-state index in [4.69, 9.17) is 9.47 Å². The minimum atomic E-state index is -4.56. The molecule has 1 aliphatic heterocycles. The van der Waals surface area contributed by atoms with Crippen molar-refractivity contribution in [3.8, 4) is 5.75 Å². The van der Waals surface area contributed by atoms with Crippen LogP contribution in [0.3, 0.4) is 0 Å². The summed E-state index contributed by atoms with van der Waals surface area (Å²) in [6.07, 6.45) is 5.72. The van der Waals surface area contributed by atoms with Gasteiger partial charge in [-0.05, 0) is 88.8 Å². The van der Waals surface area contributed by atoms with E-state index in [-0.39, 0.29) is 36.9 Å². The van der Waals surface area contributed by atoms with Crippen LogP contribution in [0, 0.1) is 5.92 Å². The summed E-state index contributed by atoms with van der Waals surface area (Å²) in [5, 5.41) is 2.74. The van der Waals surface area contributed by atoms with Gasteiger partial charge in [0.1, 0.15) is 11.4 Å². The Morgan fingerprint density at radius 1 is 1.00 bits per heavy atom. The highest BCUT2D eigenvalue weighted by Gasteiger charge is 2.50. The molecule has 2 fully saturated rings. The summed E-state index contributed by atoms with van der Waals surface area (Å²) in [6.45, 7) is 5.82. The van der Waals surface area contributed by atoms with Crippen LogP contribution >= 0.6 is 15.9 Å². The summed E-state index contributed by atoms with van der Waals surface area (Å²) < 4.78 is 72.6. The molecular weight excluding hydrogens is 672 g/mol. The Bertz CT molecular complexity index is 1420. The number of nitrogens with one attached hydrogen (secondary N) is 2. The van der Waals surface area contributed by atoms with E-state index >= 15 is 8.78 Å². The highest BCUT2D eigenvalue weighted by molar-refractivity contribution is 9.10. The minimum absolute atomic E-state index is 0.0408. The normalized spacial score (nSPS) is 17.9. The van der Waals surface area contributed by atoms with E-state index in [0.717, 1.165) is 25.0 Å². The van der Waals surface area contributed by atoms with E-state index in [1.165, 1.54) is 54.5 Å². The zero-order valence-electron chi connectivity index (χ0n) is 25.9. The molecule has 1 saturated carbocycles. The van der Waals surface area contributed by atoms with Gasteiger partial charge in [-0.1, -0.05) is 47.3 Å². The van der Waals surface area contributed by atoms with Crippen molar-refractivity contribution < 1.29 is 36.3 Å². The van der Waals surface area contributed by atoms with Crippen LogP contribution in [0.4, 0.5) is 13.6 Å². The van der Waals surface area contributed by atoms with E-state index in [1.54, 1.807) is 26.8 Å². The summed E-state index contributed by atoms with van der Waals surface area (Å²) >= 11 is 3.18. The zero-order valence-corrected chi connectivity index (χ0v) is 28.3. The Labute approximate surface area is 272 Å². The van der Waals surface area contributed by atoms with E-state index in [0.29, 0.717) is 22.7 Å². The van der Waals surface area contributed by atoms with Crippen molar-refractivity contribution in [3.05, 3.63) is 58.6 Å². The summed E-state index contributed by atoms with van der Waals surface area (Å²) in [4.78, 5) is 26.8. The van der Waals surface area contributed by atoms with Gasteiger partial charge in [0.15, 0.2) is 6.04 Å². The second-order valence-corrected chi connectivity index (χ2v) is 15.3. The number of sulfonamides is 1. The first-order valence-electron chi connectivity index (χ1n) is 15.3. The fourth-order valence-corrected chi connectivity index (χ4v) is 7.14. The molecule has 2 amide bonds. The Balaban J connectivity index is 1.49. The Morgan fingerprint density at radius 3 is 2.24 bits per heavy atom. The van der Waals surface area contributed by atoms with Crippen LogP contribution in [0.5, 0.6) is 5.75 Å². The third-order valence-corrected chi connectivity index (χ3v) is 9.90. The molecule has 2 N–H and O–H groups in total. The van der Waals surface area contributed by atoms with Gasteiger partial charge in [-0.3, -0.25) is 4.79 Å². The van der Waals surface area contributed by atoms with E-state index in [1.807, 2.05) is 4.72 Å². The maximum atomic E-state index is 16.1. The summed E-state index contributed by atoms with van der Waals surface area (Å²) in [6, 6.07) is 8.05. The molecule has 9 nitrogen and oxygen atoms in total. The first-order chi connectivity index (χ1) is 21.1. The van der Waals surface area contributed by atoms with Gasteiger partial charge in [0.2, 0.25) is 15.9 Å². The van der Waals surface area contributed by atoms with Gasteiger partial charge in [0, 0.05) is 29.2 Å². The Hall–Kier alpha value is -2.77. The number of rotatable bonds is 10. The van der Waals surface area contributed by atoms with E-state index in [2.05, 4.69) is 21.2 Å². The molecule has 1 unspecified atom stereocenters. The summed E-state index contributed by atoms with van der Waals surface area (Å²) in [5.74, 6) is -4.03. The molecule has 2 aliphatic rings. The molecule has 4 rings (SSSR count). The highest BCUT2D eigenvalue weighted by atomic mass is 79.9. The van der Waals surface area contributed by atoms with Crippen LogP contribution in [0.2, 0.25) is 0 Å². The number of alkyl halides is 2. The van der Waals surface area contributed by atoms with Crippen molar-refractivity contribution in [1.82, 2.24) is 14.9 Å². The maximum absolute atomic E-state index is 16.1. The van der Waals surface area contributed by atoms with Crippen molar-refractivity contribution in [3.63, 3.8) is 0 Å². The van der Waals surface area contributed by atoms with Crippen molar-refractivity contribution in [2.75, 3.05) is 19.7 Å². The fraction of sp³-hybridized carbons (Fsp3) is 0.562. The number of nitrogens with zero attached hydrogens (tertiary/aromatic N) is 1. The second-order valence-electron chi connectivity index (χ2n) is 12.7. The number of carbonyl (C=O) groups is 2. The third kappa shape index (κ3) is 9.86. The number of ether oxygens (including phenoxy) is 2. The van der Waals surface area contributed by atoms with Crippen LogP contribution in [0.1, 0.15) is 71.3 Å². The summed E-state index contributed by atoms with van der Waals surface area (Å²) in [5.41, 5.74) is -1.21. The molecule has 1 heterocycles. The van der Waals surface area contributed by atoms with Crippen molar-refractivity contribution >= 4 is 38.0 Å². The third-order valence-electron chi connectivity index (χ3n) is 7.96. The number of benzene rings is 2. The lowest BCUT2D eigenvalue weighted by molar-refractivity contribution is -0.145. The Morgan fingerprint density at radius 2 is 1.64 bits per heavy atom. The minimum Gasteiger partial charge on any atom is -0.493 e. The molecule has 0 aromatic heterocycles. The smallest absolute Gasteiger partial charge is 0.407 e. The molecular formula is C32H42BrF2N3O6S. The van der Waals surface area contributed by atoms with Crippen molar-refractivity contribution in [2.24, 2.45) is 5.92 Å². The molecule has 1 aliphatic carbocycles. The number of carbonyl (C=O) groups excluding carboxylic acids is 2. The maximum Gasteiger partial charge on any atom is 0.407 e. The number of halogens is 3. The number of likely N-dealkylation sites (tertiary alicyclic amines) is 1. The average molecular weight is 715 g/mol. The van der Waals surface area contributed by atoms with E-state index < -0.39 is 45.2 Å². The number of amides is 2. The number of hydrogen-bond acceptors (Lipinski definition) is 6. The number of alkyl carbamates (subject to hydrolysis) is 1. The molecule has 2 aromatic carbocycles. The lowest BCUT2D eigenvalue weighted by Gasteiger charge is -2.36. The number of hydrogen-bond donors (Lipinski definition) is 2. The lowest BCUT2D eigenvalue weighted by atomic mass is 9.90. The number of piperidine rings is 1. The quantitative estimate of drug-likeness (QED) is 0.296. The molecule has 1 saturated heterocycles. The monoisotopic (exact) mass is 713 g/mol. The molecule has 45 heavy (non-hydrogen) atoms. The van der Waals surface area contributed by atoms with Crippen LogP contribution in [-0.2, 0) is 25.5 Å². The summed E-state index contributed by atoms with van der Waals surface area (Å²) in [7, 11) is -4.56. The zero-order chi connectivity index (χ0) is 32.8. The molecule has 2 aromatic rings. The fourth-order valence-electron chi connectivity index (χ4n) is 5.55. The molecule has 0 bridgehead atoms. The van der Waals surface area contributed by atoms with Gasteiger partial charge < -0.3 is 19.7 Å². The topological polar surface area (TPSA) is 114 Å². The van der Waals surface area contributed by atoms with Gasteiger partial charge in [-0.2, -0.15) is 13.5 Å². The standard InChI is InChI=1S/C32H42BrF2N3O6S/c1-31(2,3)44-30(40)36-25-16-18-38(19-17-25)29(39)28(32(34,35)23-10-7-11-24(33)20-23)37-45(41,42)27-14-12-26(13-15-27)43-21-22-8-5-4-6-9-22/h7,10-15,20,22,25,28,37H,4-6,8-9,16-19,21H2,1-3H3,(H,36,40). The lowest BCUT2D eigenvalue weighted by Crippen LogP contribution is -2.58. The SMILES string of the molecule is CC(C)(C)OC(=O)NC1CCN(C(=O)C(NS(=O)(=O)c2ccc(OCC3CCCCC3)cc2)C(F)(F)c2cccc(Br)c2)CC1. The van der Waals surface area contributed by atoms with E-state index in [9.17, 15) is 18.0 Å².